The molecule has 0 amide bonds. The summed E-state index contributed by atoms with van der Waals surface area (Å²) in [6.45, 7) is 11.3. The van der Waals surface area contributed by atoms with E-state index in [9.17, 15) is 0 Å². The Morgan fingerprint density at radius 2 is 1.33 bits per heavy atom. The van der Waals surface area contributed by atoms with Crippen LogP contribution in [0.2, 0.25) is 0 Å². The Kier molecular flexibility index (Phi) is 6.90. The number of fused-ring (bicyclic) bond motifs is 3. The van der Waals surface area contributed by atoms with E-state index in [1.165, 1.54) is 87.0 Å². The maximum Gasteiger partial charge on any atom is 0.0713 e. The average molecular weight is 558 g/mol. The van der Waals surface area contributed by atoms with Crippen molar-refractivity contribution >= 4 is 5.57 Å². The van der Waals surface area contributed by atoms with Crippen LogP contribution in [0, 0.1) is 0 Å². The second-order valence-corrected chi connectivity index (χ2v) is 12.2. The highest BCUT2D eigenvalue weighted by Gasteiger charge is 2.46. The zero-order valence-corrected chi connectivity index (χ0v) is 25.5. The number of rotatable bonds is 5. The van der Waals surface area contributed by atoms with E-state index in [2.05, 4.69) is 154 Å². The molecule has 2 aliphatic carbocycles. The fourth-order valence-electron chi connectivity index (χ4n) is 7.60. The van der Waals surface area contributed by atoms with Gasteiger partial charge in [0.1, 0.15) is 0 Å². The van der Waals surface area contributed by atoms with Gasteiger partial charge in [-0.1, -0.05) is 115 Å². The average Bonchev–Trinajstić information content (AvgIpc) is 3.36. The highest BCUT2D eigenvalue weighted by atomic mass is 15.1. The first-order valence-corrected chi connectivity index (χ1v) is 15.6. The van der Waals surface area contributed by atoms with Gasteiger partial charge in [-0.15, -0.1) is 0 Å². The van der Waals surface area contributed by atoms with Crippen molar-refractivity contribution in [3.05, 3.63) is 184 Å². The molecule has 1 nitrogen and oxygen atoms in total. The van der Waals surface area contributed by atoms with Crippen molar-refractivity contribution in [1.29, 1.82) is 0 Å². The Morgan fingerprint density at radius 3 is 2.02 bits per heavy atom. The molecule has 0 radical (unpaired) electrons. The molecule has 0 saturated carbocycles. The number of hydrogen-bond acceptors (Lipinski definition) is 1. The van der Waals surface area contributed by atoms with Crippen LogP contribution >= 0.6 is 0 Å². The minimum Gasteiger partial charge on any atom is -0.321 e. The number of allylic oxidation sites excluding steroid dienone is 7. The molecule has 43 heavy (non-hydrogen) atoms. The molecule has 1 heteroatoms. The van der Waals surface area contributed by atoms with E-state index in [0.29, 0.717) is 0 Å². The molecule has 0 bridgehead atoms. The van der Waals surface area contributed by atoms with E-state index in [-0.39, 0.29) is 0 Å². The summed E-state index contributed by atoms with van der Waals surface area (Å²) in [6, 6.07) is 38.1. The second kappa shape index (κ2) is 10.9. The van der Waals surface area contributed by atoms with E-state index < -0.39 is 5.41 Å². The molecule has 7 rings (SSSR count). The minimum absolute atomic E-state index is 0.399. The molecule has 0 saturated heterocycles. The van der Waals surface area contributed by atoms with Gasteiger partial charge in [0.2, 0.25) is 0 Å². The molecule has 0 N–H and O–H groups in total. The highest BCUT2D eigenvalue weighted by Crippen LogP contribution is 2.56. The lowest BCUT2D eigenvalue weighted by Gasteiger charge is -2.34. The van der Waals surface area contributed by atoms with Gasteiger partial charge in [-0.3, -0.25) is 0 Å². The monoisotopic (exact) mass is 557 g/mol. The normalized spacial score (nSPS) is 17.8. The van der Waals surface area contributed by atoms with Gasteiger partial charge in [0.05, 0.1) is 5.41 Å². The molecule has 4 aromatic carbocycles. The van der Waals surface area contributed by atoms with Gasteiger partial charge in [0.25, 0.3) is 0 Å². The Morgan fingerprint density at radius 1 is 0.698 bits per heavy atom. The molecule has 4 aromatic rings. The van der Waals surface area contributed by atoms with E-state index in [4.69, 9.17) is 0 Å². The van der Waals surface area contributed by atoms with Crippen molar-refractivity contribution in [3.63, 3.8) is 0 Å². The molecular formula is C42H39N. The van der Waals surface area contributed by atoms with Crippen LogP contribution in [0.4, 0.5) is 0 Å². The van der Waals surface area contributed by atoms with Gasteiger partial charge < -0.3 is 4.90 Å². The number of benzene rings is 4. The summed E-state index contributed by atoms with van der Waals surface area (Å²) in [6.07, 6.45) is 11.7. The second-order valence-electron chi connectivity index (χ2n) is 12.2. The van der Waals surface area contributed by atoms with Crippen molar-refractivity contribution < 1.29 is 0 Å². The molecule has 0 unspecified atom stereocenters. The standard InChI is InChI=1S/C42H39N/c1-29-15-11-12-20-37(29)31(3)32(4)43-28-34(24-23-30(43)2)33-25-26-39-38-21-13-14-22-40(38)42(41(39)27-33,35-16-7-5-8-17-35)36-18-9-6-10-19-36/h5-10,13-14,16-19,21-28H,2,11-12,15,20H2,1,3-4H3/b32-31+. The highest BCUT2D eigenvalue weighted by molar-refractivity contribution is 5.89. The van der Waals surface area contributed by atoms with Crippen molar-refractivity contribution in [2.45, 2.75) is 51.9 Å². The third-order valence-corrected chi connectivity index (χ3v) is 9.93. The molecule has 3 aliphatic rings. The van der Waals surface area contributed by atoms with Gasteiger partial charge >= 0.3 is 0 Å². The first-order chi connectivity index (χ1) is 21.0. The molecule has 0 atom stereocenters. The van der Waals surface area contributed by atoms with Crippen LogP contribution < -0.4 is 0 Å². The smallest absolute Gasteiger partial charge is 0.0713 e. The van der Waals surface area contributed by atoms with Crippen LogP contribution in [-0.2, 0) is 5.41 Å². The van der Waals surface area contributed by atoms with Crippen LogP contribution in [0.5, 0.6) is 0 Å². The first kappa shape index (κ1) is 27.2. The zero-order valence-electron chi connectivity index (χ0n) is 25.5. The van der Waals surface area contributed by atoms with Gasteiger partial charge in [0.15, 0.2) is 0 Å². The van der Waals surface area contributed by atoms with Gasteiger partial charge in [-0.05, 0) is 114 Å². The Hall–Kier alpha value is -4.62. The summed E-state index contributed by atoms with van der Waals surface area (Å²) in [5, 5.41) is 0. The summed E-state index contributed by atoms with van der Waals surface area (Å²) in [5.41, 5.74) is 16.6. The van der Waals surface area contributed by atoms with Gasteiger partial charge in [-0.25, -0.2) is 0 Å². The molecule has 212 valence electrons. The van der Waals surface area contributed by atoms with E-state index in [0.717, 1.165) is 5.70 Å². The van der Waals surface area contributed by atoms with Crippen LogP contribution in [0.15, 0.2) is 156 Å². The van der Waals surface area contributed by atoms with Crippen molar-refractivity contribution in [2.75, 3.05) is 0 Å². The molecular weight excluding hydrogens is 518 g/mol. The van der Waals surface area contributed by atoms with E-state index >= 15 is 0 Å². The fraction of sp³-hybridized carbons (Fsp3) is 0.190. The van der Waals surface area contributed by atoms with Crippen LogP contribution in [-0.4, -0.2) is 4.90 Å². The third kappa shape index (κ3) is 4.38. The van der Waals surface area contributed by atoms with Crippen LogP contribution in [0.1, 0.15) is 74.3 Å². The van der Waals surface area contributed by atoms with Gasteiger partial charge in [-0.2, -0.15) is 0 Å². The maximum atomic E-state index is 4.42. The lowest BCUT2D eigenvalue weighted by Crippen LogP contribution is -2.28. The maximum absolute atomic E-state index is 4.42. The molecule has 0 aromatic heterocycles. The van der Waals surface area contributed by atoms with Crippen molar-refractivity contribution in [3.8, 4) is 11.1 Å². The zero-order chi connectivity index (χ0) is 29.6. The number of hydrogen-bond donors (Lipinski definition) is 0. The summed E-state index contributed by atoms with van der Waals surface area (Å²) in [5.74, 6) is 0. The molecule has 1 heterocycles. The minimum atomic E-state index is -0.399. The van der Waals surface area contributed by atoms with Gasteiger partial charge in [0, 0.05) is 17.6 Å². The summed E-state index contributed by atoms with van der Waals surface area (Å²) in [4.78, 5) is 2.29. The largest absolute Gasteiger partial charge is 0.321 e. The molecule has 1 aliphatic heterocycles. The Bertz CT molecular complexity index is 1810. The van der Waals surface area contributed by atoms with Crippen molar-refractivity contribution in [2.24, 2.45) is 0 Å². The topological polar surface area (TPSA) is 3.24 Å². The van der Waals surface area contributed by atoms with E-state index in [1.54, 1.807) is 5.57 Å². The summed E-state index contributed by atoms with van der Waals surface area (Å²) < 4.78 is 0. The lowest BCUT2D eigenvalue weighted by molar-refractivity contribution is 0.582. The predicted octanol–water partition coefficient (Wildman–Crippen LogP) is 11.0. The predicted molar refractivity (Wildman–Crippen MR) is 181 cm³/mol. The number of nitrogens with zero attached hydrogens (tertiary/aromatic N) is 1. The summed E-state index contributed by atoms with van der Waals surface area (Å²) in [7, 11) is 0. The fourth-order valence-corrected chi connectivity index (χ4v) is 7.60. The Balaban J connectivity index is 1.41. The van der Waals surface area contributed by atoms with Crippen molar-refractivity contribution in [1.82, 2.24) is 4.90 Å². The summed E-state index contributed by atoms with van der Waals surface area (Å²) >= 11 is 0. The van der Waals surface area contributed by atoms with E-state index in [1.807, 2.05) is 0 Å². The quantitative estimate of drug-likeness (QED) is 0.208. The Labute approximate surface area is 256 Å². The first-order valence-electron chi connectivity index (χ1n) is 15.6. The third-order valence-electron chi connectivity index (χ3n) is 9.93. The molecule has 0 fully saturated rings. The molecule has 0 spiro atoms. The SMILES string of the molecule is C=C1C=CC(c2ccc3c(c2)C(c2ccccc2)(c2ccccc2)c2ccccc2-3)=CN1/C(C)=C(\C)C1=C(C)CCCC1. The lowest BCUT2D eigenvalue weighted by atomic mass is 9.67. The van der Waals surface area contributed by atoms with Crippen LogP contribution in [0.3, 0.4) is 0 Å². The van der Waals surface area contributed by atoms with Crippen LogP contribution in [0.25, 0.3) is 16.7 Å².